The van der Waals surface area contributed by atoms with Crippen molar-refractivity contribution >= 4 is 16.8 Å². The highest BCUT2D eigenvalue weighted by Crippen LogP contribution is 2.36. The zero-order valence-corrected chi connectivity index (χ0v) is 14.4. The fourth-order valence-electron chi connectivity index (χ4n) is 3.48. The summed E-state index contributed by atoms with van der Waals surface area (Å²) in [5, 5.41) is 10.8. The summed E-state index contributed by atoms with van der Waals surface area (Å²) < 4.78 is 13.5. The molecule has 0 radical (unpaired) electrons. The minimum absolute atomic E-state index is 0.0231. The number of piperidine rings is 1. The fourth-order valence-corrected chi connectivity index (χ4v) is 4.62. The predicted octanol–water partition coefficient (Wildman–Crippen LogP) is 1.00. The minimum atomic E-state index is -0.884. The van der Waals surface area contributed by atoms with Crippen molar-refractivity contribution in [1.29, 1.82) is 0 Å². The summed E-state index contributed by atoms with van der Waals surface area (Å²) in [4.78, 5) is 14.3. The first-order valence-corrected chi connectivity index (χ1v) is 9.85. The van der Waals surface area contributed by atoms with Crippen LogP contribution in [-0.2, 0) is 17.3 Å². The molecule has 2 heterocycles. The molecule has 0 aromatic carbocycles. The molecule has 1 aromatic rings. The van der Waals surface area contributed by atoms with Gasteiger partial charge in [-0.1, -0.05) is 11.6 Å². The maximum absolute atomic E-state index is 12.4. The van der Waals surface area contributed by atoms with E-state index in [0.29, 0.717) is 12.5 Å². The zero-order valence-electron chi connectivity index (χ0n) is 13.6. The van der Waals surface area contributed by atoms with E-state index < -0.39 is 10.8 Å². The Kier molecular flexibility index (Phi) is 4.99. The van der Waals surface area contributed by atoms with Gasteiger partial charge >= 0.3 is 6.03 Å². The van der Waals surface area contributed by atoms with Crippen molar-refractivity contribution in [2.75, 3.05) is 25.9 Å². The molecule has 0 spiro atoms. The number of nitrogens with one attached hydrogen (secondary N) is 1. The lowest BCUT2D eigenvalue weighted by atomic mass is 9.84. The molecule has 1 aliphatic heterocycles. The van der Waals surface area contributed by atoms with Gasteiger partial charge in [-0.3, -0.25) is 8.89 Å². The van der Waals surface area contributed by atoms with Gasteiger partial charge in [0.15, 0.2) is 0 Å². The van der Waals surface area contributed by atoms with Crippen LogP contribution in [-0.4, -0.2) is 60.8 Å². The second kappa shape index (κ2) is 6.98. The number of amides is 2. The number of nitrogens with zero attached hydrogens (tertiary/aromatic N) is 4. The molecular weight excluding hydrogens is 314 g/mol. The highest BCUT2D eigenvalue weighted by atomic mass is 32.2. The number of carbonyl (C=O) groups excluding carboxylic acids is 1. The average molecular weight is 339 g/mol. The van der Waals surface area contributed by atoms with Crippen LogP contribution in [0.25, 0.3) is 0 Å². The number of hydrogen-bond donors (Lipinski definition) is 1. The summed E-state index contributed by atoms with van der Waals surface area (Å²) in [6, 6.07) is -0.0231. The molecule has 2 fully saturated rings. The van der Waals surface area contributed by atoms with Gasteiger partial charge in [0, 0.05) is 49.4 Å². The second-order valence-electron chi connectivity index (χ2n) is 6.73. The first-order chi connectivity index (χ1) is 11.1. The Morgan fingerprint density at radius 1 is 1.43 bits per heavy atom. The van der Waals surface area contributed by atoms with E-state index in [-0.39, 0.29) is 10.8 Å². The summed E-state index contributed by atoms with van der Waals surface area (Å²) in [5.74, 6) is 0.411. The van der Waals surface area contributed by atoms with Crippen LogP contribution in [0.4, 0.5) is 4.79 Å². The van der Waals surface area contributed by atoms with Crippen LogP contribution >= 0.6 is 0 Å². The van der Waals surface area contributed by atoms with Gasteiger partial charge in [0.1, 0.15) is 0 Å². The zero-order chi connectivity index (χ0) is 16.3. The molecule has 1 aromatic heterocycles. The van der Waals surface area contributed by atoms with E-state index in [0.717, 1.165) is 51.7 Å². The van der Waals surface area contributed by atoms with E-state index in [1.165, 1.54) is 0 Å². The Morgan fingerprint density at radius 3 is 2.87 bits per heavy atom. The van der Waals surface area contributed by atoms with Crippen molar-refractivity contribution in [3.63, 3.8) is 0 Å². The summed E-state index contributed by atoms with van der Waals surface area (Å²) in [7, 11) is -0.884. The lowest BCUT2D eigenvalue weighted by Crippen LogP contribution is -2.54. The molecule has 1 N–H and O–H groups in total. The molecule has 1 saturated carbocycles. The third-order valence-corrected chi connectivity index (χ3v) is 6.93. The summed E-state index contributed by atoms with van der Waals surface area (Å²) in [6.07, 6.45) is 10.4. The molecule has 7 nitrogen and oxygen atoms in total. The van der Waals surface area contributed by atoms with E-state index in [9.17, 15) is 9.00 Å². The minimum Gasteiger partial charge on any atom is -0.336 e. The topological polar surface area (TPSA) is 80.1 Å². The number of hydrogen-bond acceptors (Lipinski definition) is 4. The van der Waals surface area contributed by atoms with E-state index in [1.54, 1.807) is 12.5 Å². The van der Waals surface area contributed by atoms with Gasteiger partial charge in [-0.25, -0.2) is 4.79 Å². The number of urea groups is 1. The van der Waals surface area contributed by atoms with Crippen molar-refractivity contribution in [3.8, 4) is 0 Å². The first-order valence-electron chi connectivity index (χ1n) is 8.29. The van der Waals surface area contributed by atoms with Crippen molar-refractivity contribution in [2.24, 2.45) is 5.92 Å². The molecular formula is C15H25N5O2S. The van der Waals surface area contributed by atoms with Gasteiger partial charge in [-0.15, -0.1) is 5.10 Å². The molecule has 1 aliphatic carbocycles. The maximum Gasteiger partial charge on any atom is 0.317 e. The van der Waals surface area contributed by atoms with Gasteiger partial charge in [-0.05, 0) is 31.6 Å². The van der Waals surface area contributed by atoms with Crippen LogP contribution in [0.3, 0.4) is 0 Å². The Hall–Kier alpha value is -1.44. The molecule has 3 rings (SSSR count). The Labute approximate surface area is 139 Å². The van der Waals surface area contributed by atoms with Crippen molar-refractivity contribution in [1.82, 2.24) is 25.2 Å². The number of likely N-dealkylation sites (tertiary alicyclic amines) is 1. The van der Waals surface area contributed by atoms with Crippen molar-refractivity contribution in [2.45, 2.75) is 43.4 Å². The highest BCUT2D eigenvalue weighted by Gasteiger charge is 2.41. The van der Waals surface area contributed by atoms with Crippen LogP contribution in [0.5, 0.6) is 0 Å². The Morgan fingerprint density at radius 2 is 2.26 bits per heavy atom. The normalized spacial score (nSPS) is 24.7. The van der Waals surface area contributed by atoms with E-state index in [4.69, 9.17) is 0 Å². The van der Waals surface area contributed by atoms with Crippen LogP contribution in [0.1, 0.15) is 32.1 Å². The Balaban J connectivity index is 1.50. The van der Waals surface area contributed by atoms with Gasteiger partial charge in [0.05, 0.1) is 10.9 Å². The maximum atomic E-state index is 12.4. The lowest BCUT2D eigenvalue weighted by Gasteiger charge is -2.41. The van der Waals surface area contributed by atoms with Gasteiger partial charge < -0.3 is 10.2 Å². The summed E-state index contributed by atoms with van der Waals surface area (Å²) >= 11 is 0. The smallest absolute Gasteiger partial charge is 0.317 e. The number of rotatable bonds is 5. The molecule has 1 saturated heterocycles. The van der Waals surface area contributed by atoms with Gasteiger partial charge in [0.25, 0.3) is 0 Å². The van der Waals surface area contributed by atoms with Gasteiger partial charge in [0.2, 0.25) is 0 Å². The summed E-state index contributed by atoms with van der Waals surface area (Å²) in [6.45, 7) is 2.86. The van der Waals surface area contributed by atoms with Crippen LogP contribution in [0.2, 0.25) is 0 Å². The predicted molar refractivity (Wildman–Crippen MR) is 88.4 cm³/mol. The molecule has 0 unspecified atom stereocenters. The van der Waals surface area contributed by atoms with Crippen LogP contribution in [0, 0.1) is 5.92 Å². The molecule has 2 aliphatic rings. The van der Waals surface area contributed by atoms with Crippen LogP contribution < -0.4 is 5.32 Å². The number of aromatic nitrogens is 3. The van der Waals surface area contributed by atoms with Crippen LogP contribution in [0.15, 0.2) is 12.4 Å². The molecule has 128 valence electrons. The van der Waals surface area contributed by atoms with E-state index in [2.05, 4.69) is 15.6 Å². The standard InChI is InChI=1S/C15H25N5O2S/c1-23(22)15(5-3-6-15)12-16-14(21)19-8-2-4-13(10-19)11-20-9-7-17-18-20/h7,9,13H,2-6,8,10-12H2,1H3,(H,16,21)/t13-,23+/m1/s1. The lowest BCUT2D eigenvalue weighted by molar-refractivity contribution is 0.155. The monoisotopic (exact) mass is 339 g/mol. The van der Waals surface area contributed by atoms with Gasteiger partial charge in [-0.2, -0.15) is 0 Å². The second-order valence-corrected chi connectivity index (χ2v) is 8.50. The third kappa shape index (κ3) is 3.73. The third-order valence-electron chi connectivity index (χ3n) is 5.16. The highest BCUT2D eigenvalue weighted by molar-refractivity contribution is 7.85. The first kappa shape index (κ1) is 16.4. The summed E-state index contributed by atoms with van der Waals surface area (Å²) in [5.41, 5.74) is 0. The fraction of sp³-hybridized carbons (Fsp3) is 0.800. The molecule has 8 heteroatoms. The van der Waals surface area contributed by atoms with E-state index in [1.807, 2.05) is 15.8 Å². The Bertz CT molecular complexity index is 558. The van der Waals surface area contributed by atoms with Crippen molar-refractivity contribution in [3.05, 3.63) is 12.4 Å². The SMILES string of the molecule is C[S@](=O)C1(CNC(=O)N2CCC[C@@H](Cn3ccnn3)C2)CCC1. The molecule has 23 heavy (non-hydrogen) atoms. The molecule has 2 atom stereocenters. The van der Waals surface area contributed by atoms with Crippen molar-refractivity contribution < 1.29 is 9.00 Å². The largest absolute Gasteiger partial charge is 0.336 e. The number of carbonyl (C=O) groups is 1. The average Bonchev–Trinajstić information content (AvgIpc) is 2.98. The van der Waals surface area contributed by atoms with E-state index >= 15 is 0 Å². The molecule has 0 bridgehead atoms. The molecule has 2 amide bonds. The quantitative estimate of drug-likeness (QED) is 0.868.